The third-order valence-electron chi connectivity index (χ3n) is 4.44. The van der Waals surface area contributed by atoms with Crippen molar-refractivity contribution in [3.63, 3.8) is 0 Å². The van der Waals surface area contributed by atoms with Crippen LogP contribution >= 0.6 is 0 Å². The van der Waals surface area contributed by atoms with E-state index in [9.17, 15) is 0 Å². The van der Waals surface area contributed by atoms with Crippen LogP contribution in [0.4, 0.5) is 11.5 Å². The Bertz CT molecular complexity index is 861. The number of rotatable bonds is 3. The number of fused-ring (bicyclic) bond motifs is 1. The van der Waals surface area contributed by atoms with Gasteiger partial charge in [-0.15, -0.1) is 0 Å². The minimum absolute atomic E-state index is 0.295. The molecule has 4 rings (SSSR count). The fourth-order valence-electron chi connectivity index (χ4n) is 3.00. The van der Waals surface area contributed by atoms with Crippen molar-refractivity contribution in [2.75, 3.05) is 24.3 Å². The van der Waals surface area contributed by atoms with Gasteiger partial charge in [-0.2, -0.15) is 4.98 Å². The smallest absolute Gasteiger partial charge is 0.237 e. The van der Waals surface area contributed by atoms with E-state index in [0.717, 1.165) is 30.7 Å². The Kier molecular flexibility index (Phi) is 3.78. The molecular weight excluding hydrogens is 304 g/mol. The Morgan fingerprint density at radius 2 is 2.17 bits per heavy atom. The predicted molar refractivity (Wildman–Crippen MR) is 93.1 cm³/mol. The zero-order chi connectivity index (χ0) is 16.5. The van der Waals surface area contributed by atoms with Crippen LogP contribution in [0.2, 0.25) is 0 Å². The number of anilines is 2. The highest BCUT2D eigenvalue weighted by molar-refractivity contribution is 5.76. The van der Waals surface area contributed by atoms with Crippen molar-refractivity contribution in [2.24, 2.45) is 5.92 Å². The molecule has 124 valence electrons. The number of imidazole rings is 1. The van der Waals surface area contributed by atoms with Gasteiger partial charge in [-0.25, -0.2) is 9.97 Å². The average Bonchev–Trinajstić information content (AvgIpc) is 3.03. The van der Waals surface area contributed by atoms with Gasteiger partial charge in [0.05, 0.1) is 29.5 Å². The monoisotopic (exact) mass is 324 g/mol. The highest BCUT2D eigenvalue weighted by Crippen LogP contribution is 2.23. The second-order valence-electron chi connectivity index (χ2n) is 6.17. The first-order valence-corrected chi connectivity index (χ1v) is 8.11. The Hall–Kier alpha value is -2.67. The largest absolute Gasteiger partial charge is 0.394 e. The van der Waals surface area contributed by atoms with Gasteiger partial charge in [0.25, 0.3) is 0 Å². The van der Waals surface area contributed by atoms with E-state index >= 15 is 0 Å². The standard InChI is InChI=1S/C17H20N6O/c1-11-9-24-7-6-13(11)21-16-12(18)8-19-17(22-16)23-10-20-14-4-2-3-5-15(14)23/h2-5,8,10-11,13H,6-7,9,18H2,1H3,(H,19,21,22)/t11-,13+/m0/s1. The van der Waals surface area contributed by atoms with Gasteiger partial charge in [0.15, 0.2) is 5.82 Å². The lowest BCUT2D eigenvalue weighted by Crippen LogP contribution is -2.36. The van der Waals surface area contributed by atoms with Crippen LogP contribution in [0.3, 0.4) is 0 Å². The van der Waals surface area contributed by atoms with E-state index < -0.39 is 0 Å². The summed E-state index contributed by atoms with van der Waals surface area (Å²) in [5, 5.41) is 3.46. The third-order valence-corrected chi connectivity index (χ3v) is 4.44. The first-order chi connectivity index (χ1) is 11.7. The number of hydrogen-bond donors (Lipinski definition) is 2. The van der Waals surface area contributed by atoms with Gasteiger partial charge in [-0.3, -0.25) is 4.57 Å². The van der Waals surface area contributed by atoms with Crippen LogP contribution < -0.4 is 11.1 Å². The number of nitrogens with zero attached hydrogens (tertiary/aromatic N) is 4. The highest BCUT2D eigenvalue weighted by atomic mass is 16.5. The molecule has 1 saturated heterocycles. The molecule has 1 aliphatic heterocycles. The number of ether oxygens (including phenoxy) is 1. The quantitative estimate of drug-likeness (QED) is 0.768. The third kappa shape index (κ3) is 2.67. The average molecular weight is 324 g/mol. The molecule has 3 aromatic rings. The number of para-hydroxylation sites is 2. The number of aromatic nitrogens is 4. The van der Waals surface area contributed by atoms with Crippen molar-refractivity contribution in [1.82, 2.24) is 19.5 Å². The zero-order valence-corrected chi connectivity index (χ0v) is 13.5. The summed E-state index contributed by atoms with van der Waals surface area (Å²) in [7, 11) is 0. The molecule has 1 aliphatic rings. The zero-order valence-electron chi connectivity index (χ0n) is 13.5. The summed E-state index contributed by atoms with van der Waals surface area (Å²) in [4.78, 5) is 13.4. The summed E-state index contributed by atoms with van der Waals surface area (Å²) in [5.74, 6) is 1.63. The molecule has 24 heavy (non-hydrogen) atoms. The van der Waals surface area contributed by atoms with Gasteiger partial charge >= 0.3 is 0 Å². The molecule has 7 heteroatoms. The Morgan fingerprint density at radius 3 is 3.04 bits per heavy atom. The summed E-state index contributed by atoms with van der Waals surface area (Å²) in [6.45, 7) is 3.67. The van der Waals surface area contributed by atoms with Crippen molar-refractivity contribution >= 4 is 22.5 Å². The second-order valence-corrected chi connectivity index (χ2v) is 6.17. The number of benzene rings is 1. The molecule has 3 heterocycles. The number of hydrogen-bond acceptors (Lipinski definition) is 6. The predicted octanol–water partition coefficient (Wildman–Crippen LogP) is 2.23. The SMILES string of the molecule is C[C@H]1COCC[C@H]1Nc1nc(-n2cnc3ccccc32)ncc1N. The molecule has 1 aromatic carbocycles. The maximum atomic E-state index is 6.07. The lowest BCUT2D eigenvalue weighted by Gasteiger charge is -2.30. The van der Waals surface area contributed by atoms with Crippen LogP contribution in [-0.2, 0) is 4.74 Å². The minimum atomic E-state index is 0.295. The molecule has 0 spiro atoms. The molecular formula is C17H20N6O. The molecule has 2 aromatic heterocycles. The Morgan fingerprint density at radius 1 is 1.29 bits per heavy atom. The molecule has 0 amide bonds. The van der Waals surface area contributed by atoms with E-state index in [1.54, 1.807) is 12.5 Å². The van der Waals surface area contributed by atoms with Gasteiger partial charge in [0, 0.05) is 12.6 Å². The summed E-state index contributed by atoms with van der Waals surface area (Å²) in [5.41, 5.74) is 8.49. The fraction of sp³-hybridized carbons (Fsp3) is 0.353. The van der Waals surface area contributed by atoms with E-state index in [0.29, 0.717) is 29.4 Å². The maximum absolute atomic E-state index is 6.07. The summed E-state index contributed by atoms with van der Waals surface area (Å²) in [6, 6.07) is 8.19. The van der Waals surface area contributed by atoms with E-state index in [2.05, 4.69) is 27.2 Å². The van der Waals surface area contributed by atoms with Crippen molar-refractivity contribution in [2.45, 2.75) is 19.4 Å². The number of nitrogen functional groups attached to an aromatic ring is 1. The van der Waals surface area contributed by atoms with Gasteiger partial charge in [0.2, 0.25) is 5.95 Å². The topological polar surface area (TPSA) is 90.9 Å². The van der Waals surface area contributed by atoms with Crippen LogP contribution in [-0.4, -0.2) is 38.8 Å². The van der Waals surface area contributed by atoms with Gasteiger partial charge in [-0.1, -0.05) is 19.1 Å². The Balaban J connectivity index is 1.68. The minimum Gasteiger partial charge on any atom is -0.394 e. The lowest BCUT2D eigenvalue weighted by molar-refractivity contribution is 0.0537. The molecule has 3 N–H and O–H groups in total. The first-order valence-electron chi connectivity index (χ1n) is 8.11. The van der Waals surface area contributed by atoms with E-state index in [1.165, 1.54) is 0 Å². The van der Waals surface area contributed by atoms with Gasteiger partial charge in [-0.05, 0) is 24.5 Å². The Labute approximate surface area is 139 Å². The van der Waals surface area contributed by atoms with Gasteiger partial charge in [0.1, 0.15) is 6.33 Å². The molecule has 0 unspecified atom stereocenters. The first kappa shape index (κ1) is 14.9. The van der Waals surface area contributed by atoms with Crippen LogP contribution in [0.5, 0.6) is 0 Å². The van der Waals surface area contributed by atoms with E-state index in [-0.39, 0.29) is 0 Å². The van der Waals surface area contributed by atoms with Crippen LogP contribution in [0, 0.1) is 5.92 Å². The molecule has 0 aliphatic carbocycles. The van der Waals surface area contributed by atoms with Crippen molar-refractivity contribution in [3.05, 3.63) is 36.8 Å². The highest BCUT2D eigenvalue weighted by Gasteiger charge is 2.23. The number of nitrogens with one attached hydrogen (secondary N) is 1. The molecule has 0 radical (unpaired) electrons. The summed E-state index contributed by atoms with van der Waals surface area (Å²) >= 11 is 0. The normalized spacial score (nSPS) is 21.0. The molecule has 0 saturated carbocycles. The number of nitrogens with two attached hydrogens (primary N) is 1. The maximum Gasteiger partial charge on any atom is 0.237 e. The van der Waals surface area contributed by atoms with Crippen LogP contribution in [0.15, 0.2) is 36.8 Å². The molecule has 1 fully saturated rings. The van der Waals surface area contributed by atoms with Gasteiger partial charge < -0.3 is 15.8 Å². The lowest BCUT2D eigenvalue weighted by atomic mass is 9.98. The molecule has 0 bridgehead atoms. The molecule has 7 nitrogen and oxygen atoms in total. The van der Waals surface area contributed by atoms with E-state index in [1.807, 2.05) is 28.8 Å². The fourth-order valence-corrected chi connectivity index (χ4v) is 3.00. The van der Waals surface area contributed by atoms with E-state index in [4.69, 9.17) is 10.5 Å². The summed E-state index contributed by atoms with van der Waals surface area (Å²) in [6.07, 6.45) is 4.31. The van der Waals surface area contributed by atoms with Crippen molar-refractivity contribution in [1.29, 1.82) is 0 Å². The van der Waals surface area contributed by atoms with Crippen molar-refractivity contribution < 1.29 is 4.74 Å². The second kappa shape index (κ2) is 6.09. The van der Waals surface area contributed by atoms with Crippen LogP contribution in [0.1, 0.15) is 13.3 Å². The molecule has 2 atom stereocenters. The van der Waals surface area contributed by atoms with Crippen molar-refractivity contribution in [3.8, 4) is 5.95 Å². The van der Waals surface area contributed by atoms with Crippen LogP contribution in [0.25, 0.3) is 17.0 Å². The summed E-state index contributed by atoms with van der Waals surface area (Å²) < 4.78 is 7.36.